The molecule has 0 fully saturated rings. The molecule has 1 aromatic rings. The Balaban J connectivity index is 3.08. The number of hydrogen-bond acceptors (Lipinski definition) is 3. The maximum absolute atomic E-state index is 11.3. The summed E-state index contributed by atoms with van der Waals surface area (Å²) in [6.07, 6.45) is 1.66. The standard InChI is InChI=1S/C10H16N2O2/c1-7-5-12(6-10(3,4)14)11-8(2)9(7)13/h5,14H,6H2,1-4H3. The van der Waals surface area contributed by atoms with Crippen molar-refractivity contribution >= 4 is 0 Å². The lowest BCUT2D eigenvalue weighted by atomic mass is 10.1. The molecule has 4 heteroatoms. The molecule has 0 aliphatic heterocycles. The number of aliphatic hydroxyl groups is 1. The molecule has 0 aliphatic carbocycles. The molecule has 1 N–H and O–H groups in total. The lowest BCUT2D eigenvalue weighted by molar-refractivity contribution is 0.0570. The summed E-state index contributed by atoms with van der Waals surface area (Å²) in [5, 5.41) is 13.6. The molecule has 0 spiro atoms. The summed E-state index contributed by atoms with van der Waals surface area (Å²) in [6, 6.07) is 0. The zero-order chi connectivity index (χ0) is 10.9. The van der Waals surface area contributed by atoms with Gasteiger partial charge in [-0.15, -0.1) is 0 Å². The SMILES string of the molecule is Cc1cn(CC(C)(C)O)nc(C)c1=O. The van der Waals surface area contributed by atoms with E-state index in [0.29, 0.717) is 17.8 Å². The Kier molecular flexibility index (Phi) is 2.76. The molecular weight excluding hydrogens is 180 g/mol. The number of rotatable bonds is 2. The fourth-order valence-electron chi connectivity index (χ4n) is 1.31. The highest BCUT2D eigenvalue weighted by molar-refractivity contribution is 5.10. The number of aromatic nitrogens is 2. The van der Waals surface area contributed by atoms with E-state index in [1.54, 1.807) is 38.6 Å². The molecule has 4 nitrogen and oxygen atoms in total. The Hall–Kier alpha value is -1.16. The fraction of sp³-hybridized carbons (Fsp3) is 0.600. The molecule has 0 radical (unpaired) electrons. The highest BCUT2D eigenvalue weighted by atomic mass is 16.3. The molecule has 0 bridgehead atoms. The molecule has 0 atom stereocenters. The summed E-state index contributed by atoms with van der Waals surface area (Å²) in [6.45, 7) is 7.22. The lowest BCUT2D eigenvalue weighted by Gasteiger charge is -2.18. The molecular formula is C10H16N2O2. The van der Waals surface area contributed by atoms with Gasteiger partial charge in [0.25, 0.3) is 0 Å². The van der Waals surface area contributed by atoms with Gasteiger partial charge in [-0.3, -0.25) is 9.48 Å². The van der Waals surface area contributed by atoms with Crippen molar-refractivity contribution in [2.75, 3.05) is 0 Å². The van der Waals surface area contributed by atoms with Crippen molar-refractivity contribution in [1.82, 2.24) is 9.78 Å². The Labute approximate surface area is 83.2 Å². The van der Waals surface area contributed by atoms with Gasteiger partial charge in [0.05, 0.1) is 12.1 Å². The molecule has 1 rings (SSSR count). The van der Waals surface area contributed by atoms with E-state index < -0.39 is 5.60 Å². The first kappa shape index (κ1) is 10.9. The fourth-order valence-corrected chi connectivity index (χ4v) is 1.31. The maximum atomic E-state index is 11.3. The molecule has 14 heavy (non-hydrogen) atoms. The molecule has 0 saturated heterocycles. The zero-order valence-corrected chi connectivity index (χ0v) is 9.03. The summed E-state index contributed by atoms with van der Waals surface area (Å²) in [5.74, 6) is 0. The first-order valence-electron chi connectivity index (χ1n) is 4.57. The summed E-state index contributed by atoms with van der Waals surface area (Å²) in [4.78, 5) is 11.3. The van der Waals surface area contributed by atoms with Crippen molar-refractivity contribution in [3.05, 3.63) is 27.7 Å². The van der Waals surface area contributed by atoms with Gasteiger partial charge in [0.1, 0.15) is 5.69 Å². The second-order valence-electron chi connectivity index (χ2n) is 4.24. The van der Waals surface area contributed by atoms with Gasteiger partial charge in [-0.2, -0.15) is 5.10 Å². The monoisotopic (exact) mass is 196 g/mol. The van der Waals surface area contributed by atoms with Crippen molar-refractivity contribution in [1.29, 1.82) is 0 Å². The van der Waals surface area contributed by atoms with Crippen LogP contribution >= 0.6 is 0 Å². The molecule has 0 saturated carbocycles. The molecule has 0 aromatic carbocycles. The van der Waals surface area contributed by atoms with Crippen LogP contribution in [0.15, 0.2) is 11.0 Å². The van der Waals surface area contributed by atoms with Crippen LogP contribution < -0.4 is 5.43 Å². The molecule has 0 unspecified atom stereocenters. The van der Waals surface area contributed by atoms with Crippen LogP contribution in [-0.2, 0) is 6.54 Å². The van der Waals surface area contributed by atoms with Crippen LogP contribution in [0.25, 0.3) is 0 Å². The molecule has 78 valence electrons. The van der Waals surface area contributed by atoms with Crippen LogP contribution in [0.1, 0.15) is 25.1 Å². The Bertz CT molecular complexity index is 362. The van der Waals surface area contributed by atoms with Gasteiger partial charge >= 0.3 is 0 Å². The first-order chi connectivity index (χ1) is 6.29. The highest BCUT2D eigenvalue weighted by Crippen LogP contribution is 2.04. The lowest BCUT2D eigenvalue weighted by Crippen LogP contribution is -2.29. The van der Waals surface area contributed by atoms with Crippen LogP contribution in [0, 0.1) is 13.8 Å². The number of aryl methyl sites for hydroxylation is 2. The van der Waals surface area contributed by atoms with Crippen molar-refractivity contribution in [3.63, 3.8) is 0 Å². The normalized spacial score (nSPS) is 11.8. The minimum atomic E-state index is -0.819. The van der Waals surface area contributed by atoms with E-state index in [1.807, 2.05) is 0 Å². The molecule has 1 heterocycles. The first-order valence-corrected chi connectivity index (χ1v) is 4.57. The van der Waals surface area contributed by atoms with E-state index in [-0.39, 0.29) is 5.43 Å². The van der Waals surface area contributed by atoms with E-state index in [2.05, 4.69) is 5.10 Å². The maximum Gasteiger partial charge on any atom is 0.205 e. The third kappa shape index (κ3) is 2.67. The predicted molar refractivity (Wildman–Crippen MR) is 54.3 cm³/mol. The van der Waals surface area contributed by atoms with Gasteiger partial charge in [-0.05, 0) is 27.7 Å². The Morgan fingerprint density at radius 1 is 1.50 bits per heavy atom. The summed E-state index contributed by atoms with van der Waals surface area (Å²) in [7, 11) is 0. The summed E-state index contributed by atoms with van der Waals surface area (Å²) >= 11 is 0. The zero-order valence-electron chi connectivity index (χ0n) is 9.03. The van der Waals surface area contributed by atoms with Crippen molar-refractivity contribution in [3.8, 4) is 0 Å². The number of hydrogen-bond donors (Lipinski definition) is 1. The molecule has 1 aromatic heterocycles. The summed E-state index contributed by atoms with van der Waals surface area (Å²) in [5.41, 5.74) is 0.272. The van der Waals surface area contributed by atoms with Gasteiger partial charge in [-0.1, -0.05) is 0 Å². The van der Waals surface area contributed by atoms with E-state index in [1.165, 1.54) is 0 Å². The van der Waals surface area contributed by atoms with Crippen LogP contribution in [0.4, 0.5) is 0 Å². The minimum Gasteiger partial charge on any atom is -0.389 e. The van der Waals surface area contributed by atoms with Crippen LogP contribution in [0.2, 0.25) is 0 Å². The van der Waals surface area contributed by atoms with Crippen molar-refractivity contribution in [2.45, 2.75) is 39.8 Å². The minimum absolute atomic E-state index is 0.0306. The highest BCUT2D eigenvalue weighted by Gasteiger charge is 2.14. The van der Waals surface area contributed by atoms with Gasteiger partial charge in [0.2, 0.25) is 5.43 Å². The van der Waals surface area contributed by atoms with E-state index in [4.69, 9.17) is 0 Å². The smallest absolute Gasteiger partial charge is 0.205 e. The predicted octanol–water partition coefficient (Wildman–Crippen LogP) is 0.631. The van der Waals surface area contributed by atoms with Crippen LogP contribution in [0.3, 0.4) is 0 Å². The van der Waals surface area contributed by atoms with E-state index in [0.717, 1.165) is 0 Å². The van der Waals surface area contributed by atoms with Crippen LogP contribution in [-0.4, -0.2) is 20.5 Å². The van der Waals surface area contributed by atoms with Gasteiger partial charge in [0, 0.05) is 11.8 Å². The largest absolute Gasteiger partial charge is 0.389 e. The topological polar surface area (TPSA) is 55.1 Å². The second-order valence-corrected chi connectivity index (χ2v) is 4.24. The second kappa shape index (κ2) is 3.53. The van der Waals surface area contributed by atoms with Gasteiger partial charge in [-0.25, -0.2) is 0 Å². The van der Waals surface area contributed by atoms with Gasteiger partial charge < -0.3 is 5.11 Å². The average Bonchev–Trinajstić information content (AvgIpc) is 1.96. The van der Waals surface area contributed by atoms with Crippen molar-refractivity contribution < 1.29 is 5.11 Å². The number of nitrogens with zero attached hydrogens (tertiary/aromatic N) is 2. The third-order valence-electron chi connectivity index (χ3n) is 1.86. The molecule has 0 aliphatic rings. The van der Waals surface area contributed by atoms with E-state index in [9.17, 15) is 9.90 Å². The molecule has 0 amide bonds. The van der Waals surface area contributed by atoms with Gasteiger partial charge in [0.15, 0.2) is 0 Å². The average molecular weight is 196 g/mol. The van der Waals surface area contributed by atoms with E-state index >= 15 is 0 Å². The Morgan fingerprint density at radius 2 is 2.07 bits per heavy atom. The van der Waals surface area contributed by atoms with Crippen molar-refractivity contribution in [2.24, 2.45) is 0 Å². The quantitative estimate of drug-likeness (QED) is 0.754. The Morgan fingerprint density at radius 3 is 2.50 bits per heavy atom. The van der Waals surface area contributed by atoms with Crippen LogP contribution in [0.5, 0.6) is 0 Å². The third-order valence-corrected chi connectivity index (χ3v) is 1.86. The summed E-state index contributed by atoms with van der Waals surface area (Å²) < 4.78 is 1.60.